The third-order valence-electron chi connectivity index (χ3n) is 2.78. The smallest absolute Gasteiger partial charge is 0.358 e. The number of nitrogens with zero attached hydrogens (tertiary/aromatic N) is 3. The molecule has 1 aromatic heterocycles. The summed E-state index contributed by atoms with van der Waals surface area (Å²) in [4.78, 5) is 23.0. The molecule has 1 aromatic rings. The van der Waals surface area contributed by atoms with E-state index in [2.05, 4.69) is 15.6 Å². The number of rotatable bonds is 6. The van der Waals surface area contributed by atoms with Crippen molar-refractivity contribution in [2.24, 2.45) is 0 Å². The summed E-state index contributed by atoms with van der Waals surface area (Å²) < 4.78 is 1.39. The minimum atomic E-state index is -1.13. The van der Waals surface area contributed by atoms with Crippen LogP contribution in [0.4, 0.5) is 0 Å². The second-order valence-corrected chi connectivity index (χ2v) is 4.69. The molecule has 0 bridgehead atoms. The van der Waals surface area contributed by atoms with Crippen molar-refractivity contribution in [2.75, 3.05) is 6.54 Å². The van der Waals surface area contributed by atoms with E-state index in [0.29, 0.717) is 12.2 Å². The lowest BCUT2D eigenvalue weighted by atomic mass is 10.1. The number of carboxylic acids is 1. The molecular weight excluding hydrogens is 248 g/mol. The van der Waals surface area contributed by atoms with Crippen molar-refractivity contribution in [3.8, 4) is 0 Å². The molecule has 1 unspecified atom stereocenters. The maximum absolute atomic E-state index is 11.9. The number of amides is 1. The lowest BCUT2D eigenvalue weighted by Crippen LogP contribution is -2.33. The second-order valence-electron chi connectivity index (χ2n) is 4.69. The van der Waals surface area contributed by atoms with E-state index in [0.717, 1.165) is 6.42 Å². The first-order valence-electron chi connectivity index (χ1n) is 6.36. The summed E-state index contributed by atoms with van der Waals surface area (Å²) in [7, 11) is 0. The van der Waals surface area contributed by atoms with Gasteiger partial charge in [-0.2, -0.15) is 0 Å². The lowest BCUT2D eigenvalue weighted by Gasteiger charge is -2.16. The first kappa shape index (κ1) is 15.1. The van der Waals surface area contributed by atoms with Crippen molar-refractivity contribution in [3.05, 3.63) is 11.4 Å². The van der Waals surface area contributed by atoms with Gasteiger partial charge in [-0.25, -0.2) is 9.48 Å². The Labute approximate surface area is 112 Å². The zero-order valence-corrected chi connectivity index (χ0v) is 11.7. The van der Waals surface area contributed by atoms with Crippen LogP contribution in [0.3, 0.4) is 0 Å². The first-order valence-corrected chi connectivity index (χ1v) is 6.36. The number of nitrogens with one attached hydrogen (secondary N) is 1. The molecule has 0 fully saturated rings. The van der Waals surface area contributed by atoms with Gasteiger partial charge in [0, 0.05) is 6.54 Å². The maximum atomic E-state index is 11.9. The molecule has 1 atom stereocenters. The predicted octanol–water partition coefficient (Wildman–Crippen LogP) is 1.19. The van der Waals surface area contributed by atoms with Crippen molar-refractivity contribution < 1.29 is 14.7 Å². The molecule has 0 radical (unpaired) electrons. The topological polar surface area (TPSA) is 97.1 Å². The van der Waals surface area contributed by atoms with Gasteiger partial charge in [-0.05, 0) is 19.3 Å². The van der Waals surface area contributed by atoms with E-state index in [4.69, 9.17) is 5.11 Å². The Morgan fingerprint density at radius 2 is 2.00 bits per heavy atom. The van der Waals surface area contributed by atoms with E-state index in [1.54, 1.807) is 6.92 Å². The number of carbonyl (C=O) groups is 2. The fraction of sp³-hybridized carbons (Fsp3) is 0.667. The fourth-order valence-corrected chi connectivity index (χ4v) is 1.78. The van der Waals surface area contributed by atoms with Crippen LogP contribution in [-0.4, -0.2) is 38.5 Å². The SMILES string of the molecule is CCCNC(=O)C(C)n1nnc(C(=O)O)c1C(C)C. The van der Waals surface area contributed by atoms with E-state index in [-0.39, 0.29) is 17.5 Å². The summed E-state index contributed by atoms with van der Waals surface area (Å²) in [5, 5.41) is 19.3. The molecule has 0 saturated carbocycles. The zero-order valence-electron chi connectivity index (χ0n) is 11.7. The van der Waals surface area contributed by atoms with Gasteiger partial charge in [0.25, 0.3) is 0 Å². The highest BCUT2D eigenvalue weighted by atomic mass is 16.4. The van der Waals surface area contributed by atoms with E-state index >= 15 is 0 Å². The van der Waals surface area contributed by atoms with E-state index in [1.165, 1.54) is 4.68 Å². The van der Waals surface area contributed by atoms with Gasteiger partial charge in [-0.1, -0.05) is 26.0 Å². The van der Waals surface area contributed by atoms with Crippen LogP contribution in [0, 0.1) is 0 Å². The summed E-state index contributed by atoms with van der Waals surface area (Å²) in [6, 6.07) is -0.579. The third kappa shape index (κ3) is 3.30. The molecule has 1 rings (SSSR count). The molecule has 1 heterocycles. The minimum Gasteiger partial charge on any atom is -0.476 e. The zero-order chi connectivity index (χ0) is 14.6. The molecule has 2 N–H and O–H groups in total. The monoisotopic (exact) mass is 268 g/mol. The highest BCUT2D eigenvalue weighted by Gasteiger charge is 2.26. The molecular formula is C12H20N4O3. The maximum Gasteiger partial charge on any atom is 0.358 e. The van der Waals surface area contributed by atoms with Crippen LogP contribution in [0.25, 0.3) is 0 Å². The molecule has 0 aliphatic heterocycles. The molecule has 0 saturated heterocycles. The average molecular weight is 268 g/mol. The average Bonchev–Trinajstić information content (AvgIpc) is 2.79. The van der Waals surface area contributed by atoms with Gasteiger partial charge in [-0.3, -0.25) is 4.79 Å². The number of aromatic carboxylic acids is 1. The largest absolute Gasteiger partial charge is 0.476 e. The van der Waals surface area contributed by atoms with Crippen LogP contribution in [-0.2, 0) is 4.79 Å². The van der Waals surface area contributed by atoms with Crippen molar-refractivity contribution in [3.63, 3.8) is 0 Å². The molecule has 7 heteroatoms. The Morgan fingerprint density at radius 3 is 2.47 bits per heavy atom. The van der Waals surface area contributed by atoms with E-state index in [1.807, 2.05) is 20.8 Å². The van der Waals surface area contributed by atoms with Crippen molar-refractivity contribution in [1.29, 1.82) is 0 Å². The molecule has 0 aliphatic carbocycles. The lowest BCUT2D eigenvalue weighted by molar-refractivity contribution is -0.124. The molecule has 19 heavy (non-hydrogen) atoms. The third-order valence-corrected chi connectivity index (χ3v) is 2.78. The number of carboxylic acid groups (broad SMARTS) is 1. The second kappa shape index (κ2) is 6.31. The van der Waals surface area contributed by atoms with Crippen molar-refractivity contribution in [2.45, 2.75) is 46.1 Å². The number of carbonyl (C=O) groups excluding carboxylic acids is 1. The first-order chi connectivity index (χ1) is 8.90. The standard InChI is InChI=1S/C12H20N4O3/c1-5-6-13-11(17)8(4)16-10(7(2)3)9(12(18)19)14-15-16/h7-8H,5-6H2,1-4H3,(H,13,17)(H,18,19). The van der Waals surface area contributed by atoms with Crippen LogP contribution in [0.5, 0.6) is 0 Å². The van der Waals surface area contributed by atoms with Gasteiger partial charge >= 0.3 is 5.97 Å². The van der Waals surface area contributed by atoms with Gasteiger partial charge in [0.15, 0.2) is 5.69 Å². The molecule has 106 valence electrons. The molecule has 0 spiro atoms. The Kier molecular flexibility index (Phi) is 5.02. The highest BCUT2D eigenvalue weighted by molar-refractivity contribution is 5.87. The molecule has 7 nitrogen and oxygen atoms in total. The van der Waals surface area contributed by atoms with Gasteiger partial charge in [-0.15, -0.1) is 5.10 Å². The summed E-state index contributed by atoms with van der Waals surface area (Å²) in [5.74, 6) is -1.40. The number of hydrogen-bond acceptors (Lipinski definition) is 4. The van der Waals surface area contributed by atoms with Gasteiger partial charge in [0.1, 0.15) is 6.04 Å². The molecule has 1 amide bonds. The van der Waals surface area contributed by atoms with Gasteiger partial charge < -0.3 is 10.4 Å². The Morgan fingerprint density at radius 1 is 1.37 bits per heavy atom. The molecule has 0 aliphatic rings. The van der Waals surface area contributed by atoms with Crippen LogP contribution >= 0.6 is 0 Å². The van der Waals surface area contributed by atoms with Crippen LogP contribution in [0.1, 0.15) is 62.3 Å². The van der Waals surface area contributed by atoms with Gasteiger partial charge in [0.05, 0.1) is 5.69 Å². The number of aromatic nitrogens is 3. The van der Waals surface area contributed by atoms with Crippen LogP contribution < -0.4 is 5.32 Å². The minimum absolute atomic E-state index is 0.0810. The Balaban J connectivity index is 3.06. The fourth-order valence-electron chi connectivity index (χ4n) is 1.78. The summed E-state index contributed by atoms with van der Waals surface area (Å²) >= 11 is 0. The van der Waals surface area contributed by atoms with Gasteiger partial charge in [0.2, 0.25) is 5.91 Å². The van der Waals surface area contributed by atoms with Crippen LogP contribution in [0.2, 0.25) is 0 Å². The summed E-state index contributed by atoms with van der Waals surface area (Å²) in [6.45, 7) is 7.91. The number of hydrogen-bond donors (Lipinski definition) is 2. The summed E-state index contributed by atoms with van der Waals surface area (Å²) in [5.41, 5.74) is 0.372. The predicted molar refractivity (Wildman–Crippen MR) is 69.1 cm³/mol. The van der Waals surface area contributed by atoms with E-state index in [9.17, 15) is 9.59 Å². The van der Waals surface area contributed by atoms with Crippen molar-refractivity contribution in [1.82, 2.24) is 20.3 Å². The van der Waals surface area contributed by atoms with Crippen molar-refractivity contribution >= 4 is 11.9 Å². The van der Waals surface area contributed by atoms with E-state index < -0.39 is 12.0 Å². The molecule has 0 aromatic carbocycles. The Hall–Kier alpha value is -1.92. The summed E-state index contributed by atoms with van der Waals surface area (Å²) in [6.07, 6.45) is 0.841. The Bertz CT molecular complexity index is 468. The highest BCUT2D eigenvalue weighted by Crippen LogP contribution is 2.21. The quantitative estimate of drug-likeness (QED) is 0.807. The normalized spacial score (nSPS) is 12.5. The van der Waals surface area contributed by atoms with Crippen LogP contribution in [0.15, 0.2) is 0 Å².